The van der Waals surface area contributed by atoms with Gasteiger partial charge >= 0.3 is 6.03 Å². The van der Waals surface area contributed by atoms with Crippen LogP contribution in [0.3, 0.4) is 0 Å². The van der Waals surface area contributed by atoms with Gasteiger partial charge in [0.25, 0.3) is 5.91 Å². The molecule has 2 aliphatic heterocycles. The van der Waals surface area contributed by atoms with Gasteiger partial charge in [-0.05, 0) is 54.5 Å². The zero-order chi connectivity index (χ0) is 27.3. The number of hydrogen-bond acceptors (Lipinski definition) is 4. The standard InChI is InChI=1S/C30H41N5O3/c1-5-23(4)19-31-27(36)20-34-21-35(26-9-7-6-8-10-26)30(28(34)37)15-17-33(18-16-30)29(38)32-25-13-11-24(12-14-25)22(2)3/h6-14,22-23H,5,15-21H2,1-4H3,(H,31,36)(H,32,38). The molecule has 0 aromatic heterocycles. The molecule has 1 spiro atoms. The molecule has 2 N–H and O–H groups in total. The van der Waals surface area contributed by atoms with Crippen molar-refractivity contribution in [2.75, 3.05) is 43.1 Å². The van der Waals surface area contributed by atoms with Crippen LogP contribution in [0.15, 0.2) is 54.6 Å². The highest BCUT2D eigenvalue weighted by Crippen LogP contribution is 2.39. The van der Waals surface area contributed by atoms with E-state index in [0.29, 0.717) is 51.0 Å². The number of hydrogen-bond donors (Lipinski definition) is 2. The van der Waals surface area contributed by atoms with Gasteiger partial charge in [0.2, 0.25) is 5.91 Å². The van der Waals surface area contributed by atoms with Gasteiger partial charge in [0.05, 0.1) is 6.67 Å². The zero-order valence-corrected chi connectivity index (χ0v) is 23.1. The molecule has 8 nitrogen and oxygen atoms in total. The Hall–Kier alpha value is -3.55. The van der Waals surface area contributed by atoms with E-state index in [-0.39, 0.29) is 24.4 Å². The Kier molecular flexibility index (Phi) is 8.59. The number of benzene rings is 2. The first-order chi connectivity index (χ1) is 18.2. The van der Waals surface area contributed by atoms with Crippen LogP contribution in [-0.4, -0.2) is 66.0 Å². The summed E-state index contributed by atoms with van der Waals surface area (Å²) in [5.41, 5.74) is 2.17. The molecule has 4 amide bonds. The molecule has 4 rings (SSSR count). The van der Waals surface area contributed by atoms with E-state index in [1.807, 2.05) is 54.6 Å². The molecule has 1 atom stereocenters. The third kappa shape index (κ3) is 5.95. The van der Waals surface area contributed by atoms with Crippen molar-refractivity contribution in [2.24, 2.45) is 5.92 Å². The predicted molar refractivity (Wildman–Crippen MR) is 151 cm³/mol. The highest BCUT2D eigenvalue weighted by Gasteiger charge is 2.54. The average Bonchev–Trinajstić information content (AvgIpc) is 3.18. The molecule has 8 heteroatoms. The number of likely N-dealkylation sites (tertiary alicyclic amines) is 1. The van der Waals surface area contributed by atoms with Gasteiger partial charge in [-0.25, -0.2) is 4.79 Å². The van der Waals surface area contributed by atoms with Crippen LogP contribution in [0.25, 0.3) is 0 Å². The molecule has 204 valence electrons. The molecule has 2 aromatic rings. The maximum atomic E-state index is 13.8. The molecule has 0 bridgehead atoms. The van der Waals surface area contributed by atoms with Gasteiger partial charge < -0.3 is 25.3 Å². The first kappa shape index (κ1) is 27.5. The molecule has 2 aliphatic rings. The molecule has 0 radical (unpaired) electrons. The SMILES string of the molecule is CCC(C)CNC(=O)CN1CN(c2ccccc2)C2(CCN(C(=O)Nc3ccc(C(C)C)cc3)CC2)C1=O. The van der Waals surface area contributed by atoms with Crippen LogP contribution in [0.1, 0.15) is 58.4 Å². The van der Waals surface area contributed by atoms with Crippen molar-refractivity contribution in [3.8, 4) is 0 Å². The smallest absolute Gasteiger partial charge is 0.321 e. The van der Waals surface area contributed by atoms with Gasteiger partial charge in [0.15, 0.2) is 0 Å². The van der Waals surface area contributed by atoms with Crippen LogP contribution in [0.4, 0.5) is 16.2 Å². The molecular weight excluding hydrogens is 478 g/mol. The second kappa shape index (κ2) is 11.9. The van der Waals surface area contributed by atoms with Crippen LogP contribution >= 0.6 is 0 Å². The number of piperidine rings is 1. The molecule has 2 heterocycles. The van der Waals surface area contributed by atoms with E-state index in [9.17, 15) is 14.4 Å². The number of urea groups is 1. The van der Waals surface area contributed by atoms with E-state index in [0.717, 1.165) is 17.8 Å². The Balaban J connectivity index is 1.44. The van der Waals surface area contributed by atoms with Crippen molar-refractivity contribution in [3.63, 3.8) is 0 Å². The predicted octanol–water partition coefficient (Wildman–Crippen LogP) is 4.65. The summed E-state index contributed by atoms with van der Waals surface area (Å²) in [6.07, 6.45) is 2.00. The normalized spacial score (nSPS) is 17.7. The molecule has 1 unspecified atom stereocenters. The number of amides is 4. The van der Waals surface area contributed by atoms with E-state index in [4.69, 9.17) is 0 Å². The molecular formula is C30H41N5O3. The van der Waals surface area contributed by atoms with Crippen molar-refractivity contribution < 1.29 is 14.4 Å². The van der Waals surface area contributed by atoms with E-state index in [2.05, 4.69) is 43.2 Å². The van der Waals surface area contributed by atoms with Gasteiger partial charge in [0.1, 0.15) is 12.1 Å². The summed E-state index contributed by atoms with van der Waals surface area (Å²) in [6.45, 7) is 10.4. The summed E-state index contributed by atoms with van der Waals surface area (Å²) < 4.78 is 0. The van der Waals surface area contributed by atoms with E-state index < -0.39 is 5.54 Å². The number of carbonyl (C=O) groups excluding carboxylic acids is 3. The van der Waals surface area contributed by atoms with Gasteiger partial charge in [-0.2, -0.15) is 0 Å². The Morgan fingerprint density at radius 2 is 1.63 bits per heavy atom. The van der Waals surface area contributed by atoms with Crippen molar-refractivity contribution in [3.05, 3.63) is 60.2 Å². The third-order valence-corrected chi connectivity index (χ3v) is 7.97. The topological polar surface area (TPSA) is 85.0 Å². The molecule has 2 saturated heterocycles. The van der Waals surface area contributed by atoms with Crippen LogP contribution in [0, 0.1) is 5.92 Å². The van der Waals surface area contributed by atoms with Gasteiger partial charge in [-0.15, -0.1) is 0 Å². The zero-order valence-electron chi connectivity index (χ0n) is 23.1. The lowest BCUT2D eigenvalue weighted by molar-refractivity contribution is -0.137. The van der Waals surface area contributed by atoms with Gasteiger partial charge in [0, 0.05) is 31.0 Å². The summed E-state index contributed by atoms with van der Waals surface area (Å²) in [6, 6.07) is 17.7. The lowest BCUT2D eigenvalue weighted by Gasteiger charge is -2.43. The average molecular weight is 520 g/mol. The third-order valence-electron chi connectivity index (χ3n) is 7.97. The lowest BCUT2D eigenvalue weighted by atomic mass is 9.85. The number of nitrogens with one attached hydrogen (secondary N) is 2. The fourth-order valence-electron chi connectivity index (χ4n) is 5.22. The number of rotatable bonds is 8. The molecule has 2 aromatic carbocycles. The highest BCUT2D eigenvalue weighted by atomic mass is 16.2. The van der Waals surface area contributed by atoms with Crippen molar-refractivity contribution in [1.29, 1.82) is 0 Å². The maximum Gasteiger partial charge on any atom is 0.321 e. The van der Waals surface area contributed by atoms with Crippen LogP contribution in [0.5, 0.6) is 0 Å². The molecule has 2 fully saturated rings. The molecule has 0 aliphatic carbocycles. The quantitative estimate of drug-likeness (QED) is 0.532. The Morgan fingerprint density at radius 3 is 2.24 bits per heavy atom. The fourth-order valence-corrected chi connectivity index (χ4v) is 5.22. The van der Waals surface area contributed by atoms with E-state index in [1.165, 1.54) is 5.56 Å². The number of para-hydroxylation sites is 1. The molecule has 0 saturated carbocycles. The summed E-state index contributed by atoms with van der Waals surface area (Å²) in [7, 11) is 0. The Morgan fingerprint density at radius 1 is 0.974 bits per heavy atom. The van der Waals surface area contributed by atoms with Crippen molar-refractivity contribution >= 4 is 29.2 Å². The largest absolute Gasteiger partial charge is 0.354 e. The summed E-state index contributed by atoms with van der Waals surface area (Å²) in [5, 5.41) is 5.97. The number of carbonyl (C=O) groups is 3. The van der Waals surface area contributed by atoms with Gasteiger partial charge in [-0.1, -0.05) is 64.4 Å². The van der Waals surface area contributed by atoms with Crippen LogP contribution < -0.4 is 15.5 Å². The van der Waals surface area contributed by atoms with E-state index in [1.54, 1.807) is 9.80 Å². The highest BCUT2D eigenvalue weighted by molar-refractivity contribution is 5.97. The number of nitrogens with zero attached hydrogens (tertiary/aromatic N) is 3. The minimum atomic E-state index is -0.770. The van der Waals surface area contributed by atoms with Crippen molar-refractivity contribution in [1.82, 2.24) is 15.1 Å². The maximum absolute atomic E-state index is 13.8. The van der Waals surface area contributed by atoms with Crippen molar-refractivity contribution in [2.45, 2.75) is 58.4 Å². The van der Waals surface area contributed by atoms with E-state index >= 15 is 0 Å². The first-order valence-corrected chi connectivity index (χ1v) is 13.8. The monoisotopic (exact) mass is 519 g/mol. The second-order valence-electron chi connectivity index (χ2n) is 11.0. The second-order valence-corrected chi connectivity index (χ2v) is 11.0. The first-order valence-electron chi connectivity index (χ1n) is 13.8. The Bertz CT molecular complexity index is 1110. The summed E-state index contributed by atoms with van der Waals surface area (Å²) in [5.74, 6) is 0.650. The fraction of sp³-hybridized carbons (Fsp3) is 0.500. The number of anilines is 2. The molecule has 38 heavy (non-hydrogen) atoms. The summed E-state index contributed by atoms with van der Waals surface area (Å²) >= 11 is 0. The van der Waals surface area contributed by atoms with Gasteiger partial charge in [-0.3, -0.25) is 9.59 Å². The Labute approximate surface area is 226 Å². The van der Waals surface area contributed by atoms with Crippen LogP contribution in [-0.2, 0) is 9.59 Å². The van der Waals surface area contributed by atoms with Crippen LogP contribution in [0.2, 0.25) is 0 Å². The lowest BCUT2D eigenvalue weighted by Crippen LogP contribution is -2.58. The minimum Gasteiger partial charge on any atom is -0.354 e. The summed E-state index contributed by atoms with van der Waals surface area (Å²) in [4.78, 5) is 45.1. The minimum absolute atomic E-state index is 0.0376.